The Balaban J connectivity index is 1.42. The Hall–Kier alpha value is -3.82. The van der Waals surface area contributed by atoms with Crippen molar-refractivity contribution in [3.05, 3.63) is 76.3 Å². The number of thiazole rings is 1. The van der Waals surface area contributed by atoms with E-state index in [1.807, 2.05) is 25.1 Å². The molecule has 0 bridgehead atoms. The summed E-state index contributed by atoms with van der Waals surface area (Å²) < 4.78 is 11.3. The van der Waals surface area contributed by atoms with E-state index < -0.39 is 6.03 Å². The molecule has 1 aromatic heterocycles. The van der Waals surface area contributed by atoms with Crippen LogP contribution < -0.4 is 25.4 Å². The van der Waals surface area contributed by atoms with Gasteiger partial charge in [-0.05, 0) is 48.9 Å². The maximum Gasteiger partial charge on any atom is 0.321 e. The minimum Gasteiger partial charge on any atom is -0.497 e. The van der Waals surface area contributed by atoms with Gasteiger partial charge in [0.05, 0.1) is 35.1 Å². The van der Waals surface area contributed by atoms with Crippen LogP contribution >= 0.6 is 22.9 Å². The minimum absolute atomic E-state index is 0.260. The number of urea groups is 1. The van der Waals surface area contributed by atoms with Crippen LogP contribution in [0.4, 0.5) is 15.6 Å². The van der Waals surface area contributed by atoms with Crippen molar-refractivity contribution in [3.63, 3.8) is 0 Å². The van der Waals surface area contributed by atoms with E-state index in [2.05, 4.69) is 20.9 Å². The van der Waals surface area contributed by atoms with Crippen molar-refractivity contribution < 1.29 is 19.1 Å². The first-order valence-corrected chi connectivity index (χ1v) is 11.8. The molecule has 0 radical (unpaired) electrons. The lowest BCUT2D eigenvalue weighted by molar-refractivity contribution is 0.102. The third kappa shape index (κ3) is 5.64. The number of methoxy groups -OCH3 is 2. The Morgan fingerprint density at radius 3 is 2.60 bits per heavy atom. The number of rotatable bonds is 7. The van der Waals surface area contributed by atoms with E-state index in [0.29, 0.717) is 38.4 Å². The predicted molar refractivity (Wildman–Crippen MR) is 139 cm³/mol. The lowest BCUT2D eigenvalue weighted by atomic mass is 10.1. The molecule has 3 aromatic carbocycles. The number of para-hydroxylation sites is 1. The molecular formula is C25H23ClN4O4S. The second-order valence-electron chi connectivity index (χ2n) is 7.57. The van der Waals surface area contributed by atoms with Gasteiger partial charge in [0.15, 0.2) is 5.13 Å². The van der Waals surface area contributed by atoms with Crippen LogP contribution in [-0.2, 0) is 6.54 Å². The van der Waals surface area contributed by atoms with Crippen molar-refractivity contribution in [1.82, 2.24) is 10.3 Å². The number of aromatic nitrogens is 1. The van der Waals surface area contributed by atoms with Gasteiger partial charge in [0, 0.05) is 23.7 Å². The number of amides is 3. The highest BCUT2D eigenvalue weighted by molar-refractivity contribution is 7.22. The third-order valence-electron chi connectivity index (χ3n) is 5.27. The molecule has 0 unspecified atom stereocenters. The Morgan fingerprint density at radius 2 is 1.86 bits per heavy atom. The van der Waals surface area contributed by atoms with Gasteiger partial charge in [-0.25, -0.2) is 9.78 Å². The quantitative estimate of drug-likeness (QED) is 0.289. The summed E-state index contributed by atoms with van der Waals surface area (Å²) in [5.74, 6) is 0.999. The number of carbonyl (C=O) groups is 2. The summed E-state index contributed by atoms with van der Waals surface area (Å²) in [4.78, 5) is 29.6. The molecule has 0 aliphatic heterocycles. The number of nitrogens with one attached hydrogen (secondary N) is 3. The topological polar surface area (TPSA) is 102 Å². The van der Waals surface area contributed by atoms with Gasteiger partial charge >= 0.3 is 6.03 Å². The Morgan fingerprint density at radius 1 is 1.03 bits per heavy atom. The molecule has 4 aromatic rings. The number of anilines is 2. The van der Waals surface area contributed by atoms with E-state index in [1.54, 1.807) is 50.6 Å². The Bertz CT molecular complexity index is 1390. The highest BCUT2D eigenvalue weighted by Crippen LogP contribution is 2.29. The molecule has 35 heavy (non-hydrogen) atoms. The summed E-state index contributed by atoms with van der Waals surface area (Å²) in [5.41, 5.74) is 3.39. The standard InChI is InChI=1S/C25H23ClN4O4S/c1-14-5-4-6-18(26)22(14)29-23(31)15-8-10-19-21(11-15)35-25(28-19)30-24(32)27-13-16-7-9-17(33-2)12-20(16)34-3/h4-12H,13H2,1-3H3,(H,29,31)(H2,27,28,30,32). The molecule has 3 N–H and O–H groups in total. The molecule has 180 valence electrons. The van der Waals surface area contributed by atoms with Crippen LogP contribution in [0.3, 0.4) is 0 Å². The SMILES string of the molecule is COc1ccc(CNC(=O)Nc2nc3ccc(C(=O)Nc4c(C)cccc4Cl)cc3s2)c(OC)c1. The smallest absolute Gasteiger partial charge is 0.321 e. The first-order chi connectivity index (χ1) is 16.9. The van der Waals surface area contributed by atoms with Gasteiger partial charge in [0.2, 0.25) is 0 Å². The number of carbonyl (C=O) groups excluding carboxylic acids is 2. The van der Waals surface area contributed by atoms with Crippen molar-refractivity contribution >= 4 is 55.9 Å². The van der Waals surface area contributed by atoms with E-state index in [1.165, 1.54) is 11.3 Å². The van der Waals surface area contributed by atoms with E-state index >= 15 is 0 Å². The molecule has 8 nitrogen and oxygen atoms in total. The number of benzene rings is 3. The van der Waals surface area contributed by atoms with E-state index in [0.717, 1.165) is 15.8 Å². The summed E-state index contributed by atoms with van der Waals surface area (Å²) in [6.45, 7) is 2.14. The van der Waals surface area contributed by atoms with Crippen LogP contribution in [0.1, 0.15) is 21.5 Å². The highest BCUT2D eigenvalue weighted by Gasteiger charge is 2.14. The lowest BCUT2D eigenvalue weighted by Crippen LogP contribution is -2.28. The zero-order chi connectivity index (χ0) is 24.9. The fraction of sp³-hybridized carbons (Fsp3) is 0.160. The molecule has 0 saturated carbocycles. The highest BCUT2D eigenvalue weighted by atomic mass is 35.5. The zero-order valence-electron chi connectivity index (χ0n) is 19.3. The number of halogens is 1. The molecule has 0 fully saturated rings. The Kier molecular flexibility index (Phi) is 7.38. The maximum atomic E-state index is 12.8. The van der Waals surface area contributed by atoms with Crippen LogP contribution in [0, 0.1) is 6.92 Å². The molecule has 1 heterocycles. The minimum atomic E-state index is -0.408. The van der Waals surface area contributed by atoms with Gasteiger partial charge in [0.1, 0.15) is 11.5 Å². The van der Waals surface area contributed by atoms with E-state index in [9.17, 15) is 9.59 Å². The first-order valence-electron chi connectivity index (χ1n) is 10.6. The van der Waals surface area contributed by atoms with Gasteiger partial charge in [-0.1, -0.05) is 35.1 Å². The van der Waals surface area contributed by atoms with Crippen molar-refractivity contribution in [2.75, 3.05) is 24.9 Å². The normalized spacial score (nSPS) is 10.6. The van der Waals surface area contributed by atoms with Gasteiger partial charge in [-0.2, -0.15) is 0 Å². The molecular weight excluding hydrogens is 488 g/mol. The fourth-order valence-corrected chi connectivity index (χ4v) is 4.58. The van der Waals surface area contributed by atoms with Crippen molar-refractivity contribution in [2.24, 2.45) is 0 Å². The molecule has 10 heteroatoms. The van der Waals surface area contributed by atoms with Crippen molar-refractivity contribution in [2.45, 2.75) is 13.5 Å². The molecule has 0 atom stereocenters. The van der Waals surface area contributed by atoms with Crippen LogP contribution in [-0.4, -0.2) is 31.1 Å². The number of nitrogens with zero attached hydrogens (tertiary/aromatic N) is 1. The van der Waals surface area contributed by atoms with Crippen LogP contribution in [0.25, 0.3) is 10.2 Å². The maximum absolute atomic E-state index is 12.8. The van der Waals surface area contributed by atoms with Crippen molar-refractivity contribution in [1.29, 1.82) is 0 Å². The summed E-state index contributed by atoms with van der Waals surface area (Å²) in [5, 5.41) is 9.28. The number of fused-ring (bicyclic) bond motifs is 1. The van der Waals surface area contributed by atoms with Gasteiger partial charge in [0.25, 0.3) is 5.91 Å². The number of ether oxygens (including phenoxy) is 2. The molecule has 4 rings (SSSR count). The molecule has 0 spiro atoms. The van der Waals surface area contributed by atoms with Gasteiger partial charge in [-0.15, -0.1) is 0 Å². The predicted octanol–water partition coefficient (Wildman–Crippen LogP) is 5.85. The number of hydrogen-bond donors (Lipinski definition) is 3. The van der Waals surface area contributed by atoms with Crippen LogP contribution in [0.5, 0.6) is 11.5 Å². The number of hydrogen-bond acceptors (Lipinski definition) is 6. The zero-order valence-corrected chi connectivity index (χ0v) is 20.8. The molecule has 0 saturated heterocycles. The molecule has 0 aliphatic carbocycles. The molecule has 3 amide bonds. The summed E-state index contributed by atoms with van der Waals surface area (Å²) in [6, 6.07) is 15.6. The largest absolute Gasteiger partial charge is 0.497 e. The number of aryl methyl sites for hydroxylation is 1. The first kappa shape index (κ1) is 24.3. The summed E-state index contributed by atoms with van der Waals surface area (Å²) in [6.07, 6.45) is 0. The Labute approximate surface area is 211 Å². The van der Waals surface area contributed by atoms with Crippen LogP contribution in [0.15, 0.2) is 54.6 Å². The second kappa shape index (κ2) is 10.6. The van der Waals surface area contributed by atoms with Gasteiger partial charge < -0.3 is 20.1 Å². The lowest BCUT2D eigenvalue weighted by Gasteiger charge is -2.11. The van der Waals surface area contributed by atoms with Crippen molar-refractivity contribution in [3.8, 4) is 11.5 Å². The monoisotopic (exact) mass is 510 g/mol. The molecule has 0 aliphatic rings. The average Bonchev–Trinajstić information content (AvgIpc) is 3.26. The average molecular weight is 511 g/mol. The summed E-state index contributed by atoms with van der Waals surface area (Å²) >= 11 is 7.50. The second-order valence-corrected chi connectivity index (χ2v) is 9.01. The fourth-order valence-electron chi connectivity index (χ4n) is 3.41. The van der Waals surface area contributed by atoms with Gasteiger partial charge in [-0.3, -0.25) is 10.1 Å². The summed E-state index contributed by atoms with van der Waals surface area (Å²) in [7, 11) is 3.14. The van der Waals surface area contributed by atoms with E-state index in [4.69, 9.17) is 21.1 Å². The van der Waals surface area contributed by atoms with E-state index in [-0.39, 0.29) is 12.5 Å². The third-order valence-corrected chi connectivity index (χ3v) is 6.51. The van der Waals surface area contributed by atoms with Crippen LogP contribution in [0.2, 0.25) is 5.02 Å².